The minimum atomic E-state index is -3.47. The lowest BCUT2D eigenvalue weighted by atomic mass is 9.75. The van der Waals surface area contributed by atoms with Crippen molar-refractivity contribution in [3.05, 3.63) is 24.2 Å². The Hall–Kier alpha value is -1.87. The lowest BCUT2D eigenvalue weighted by Gasteiger charge is -2.29. The zero-order chi connectivity index (χ0) is 17.5. The number of carboxylic acids is 1. The summed E-state index contributed by atoms with van der Waals surface area (Å²) in [7, 11) is -3.47. The van der Waals surface area contributed by atoms with Gasteiger partial charge in [-0.25, -0.2) is 12.7 Å². The van der Waals surface area contributed by atoms with E-state index in [4.69, 9.17) is 4.42 Å². The number of amides is 1. The Kier molecular flexibility index (Phi) is 4.16. The second kappa shape index (κ2) is 5.89. The molecule has 0 spiro atoms. The topological polar surface area (TPSA) is 108 Å². The van der Waals surface area contributed by atoms with Crippen LogP contribution in [-0.2, 0) is 14.8 Å². The summed E-state index contributed by atoms with van der Waals surface area (Å²) in [6, 6.07) is 1.56. The number of nitrogens with zero attached hydrogens (tertiary/aromatic N) is 2. The van der Waals surface area contributed by atoms with Gasteiger partial charge in [0, 0.05) is 32.1 Å². The second-order valence-electron chi connectivity index (χ2n) is 6.58. The van der Waals surface area contributed by atoms with Crippen LogP contribution in [0, 0.1) is 11.3 Å². The standard InChI is InChI=1S/C15H20N2O6S/c1-24(21,22)17-8-12-7-16(13(18)11-3-6-23-9-11)5-2-4-15(12,10-17)14(19)20/h3,6,9,12H,2,4-5,7-8,10H2,1H3,(H,19,20)/t12-,15-/m1/s1. The molecule has 2 aliphatic rings. The van der Waals surface area contributed by atoms with Crippen molar-refractivity contribution in [1.82, 2.24) is 9.21 Å². The van der Waals surface area contributed by atoms with E-state index in [1.54, 1.807) is 11.0 Å². The number of likely N-dealkylation sites (tertiary alicyclic amines) is 1. The van der Waals surface area contributed by atoms with Crippen LogP contribution >= 0.6 is 0 Å². The summed E-state index contributed by atoms with van der Waals surface area (Å²) in [5.41, 5.74) is -0.718. The van der Waals surface area contributed by atoms with Crippen molar-refractivity contribution in [2.45, 2.75) is 12.8 Å². The van der Waals surface area contributed by atoms with Gasteiger partial charge in [0.1, 0.15) is 6.26 Å². The fraction of sp³-hybridized carbons (Fsp3) is 0.600. The van der Waals surface area contributed by atoms with Crippen molar-refractivity contribution < 1.29 is 27.5 Å². The van der Waals surface area contributed by atoms with Gasteiger partial charge in [-0.2, -0.15) is 0 Å². The Labute approximate surface area is 140 Å². The molecule has 1 amide bonds. The highest BCUT2D eigenvalue weighted by Gasteiger charge is 2.55. The van der Waals surface area contributed by atoms with Crippen molar-refractivity contribution >= 4 is 21.9 Å². The minimum Gasteiger partial charge on any atom is -0.481 e. The first-order valence-corrected chi connectivity index (χ1v) is 9.59. The number of carboxylic acid groups (broad SMARTS) is 1. The SMILES string of the molecule is CS(=O)(=O)N1C[C@H]2CN(C(=O)c3ccoc3)CCC[C@@]2(C(=O)O)C1. The molecule has 0 radical (unpaired) electrons. The number of rotatable bonds is 3. The highest BCUT2D eigenvalue weighted by atomic mass is 32.2. The molecule has 1 aromatic heterocycles. The van der Waals surface area contributed by atoms with Crippen molar-refractivity contribution in [2.75, 3.05) is 32.4 Å². The molecule has 2 atom stereocenters. The second-order valence-corrected chi connectivity index (χ2v) is 8.56. The summed E-state index contributed by atoms with van der Waals surface area (Å²) >= 11 is 0. The molecule has 2 fully saturated rings. The van der Waals surface area contributed by atoms with Gasteiger partial charge in [-0.05, 0) is 18.9 Å². The Morgan fingerprint density at radius 1 is 1.38 bits per heavy atom. The molecule has 0 bridgehead atoms. The average Bonchev–Trinajstić information content (AvgIpc) is 3.11. The molecule has 8 nitrogen and oxygen atoms in total. The normalized spacial score (nSPS) is 28.4. The predicted molar refractivity (Wildman–Crippen MR) is 83.8 cm³/mol. The number of aliphatic carboxylic acids is 1. The number of sulfonamides is 1. The summed E-state index contributed by atoms with van der Waals surface area (Å²) in [6.45, 7) is 0.774. The smallest absolute Gasteiger partial charge is 0.311 e. The maximum absolute atomic E-state index is 12.5. The molecule has 0 unspecified atom stereocenters. The van der Waals surface area contributed by atoms with Crippen LogP contribution in [0.15, 0.2) is 23.0 Å². The first kappa shape index (κ1) is 17.0. The predicted octanol–water partition coefficient (Wildman–Crippen LogP) is 0.478. The van der Waals surface area contributed by atoms with E-state index in [0.717, 1.165) is 6.26 Å². The van der Waals surface area contributed by atoms with Crippen LogP contribution in [0.1, 0.15) is 23.2 Å². The van der Waals surface area contributed by atoms with Gasteiger partial charge in [-0.3, -0.25) is 9.59 Å². The number of carbonyl (C=O) groups is 2. The molecule has 1 aromatic rings. The van der Waals surface area contributed by atoms with Crippen molar-refractivity contribution in [3.8, 4) is 0 Å². The first-order valence-electron chi connectivity index (χ1n) is 7.74. The number of hydrogen-bond acceptors (Lipinski definition) is 5. The largest absolute Gasteiger partial charge is 0.481 e. The third kappa shape index (κ3) is 2.82. The van der Waals surface area contributed by atoms with E-state index in [2.05, 4.69) is 0 Å². The third-order valence-corrected chi connectivity index (χ3v) is 6.32. The van der Waals surface area contributed by atoms with Crippen LogP contribution in [0.4, 0.5) is 0 Å². The monoisotopic (exact) mass is 356 g/mol. The van der Waals surface area contributed by atoms with Crippen LogP contribution in [-0.4, -0.2) is 67.0 Å². The van der Waals surface area contributed by atoms with E-state index in [1.165, 1.54) is 16.8 Å². The molecule has 2 saturated heterocycles. The maximum atomic E-state index is 12.5. The third-order valence-electron chi connectivity index (χ3n) is 5.11. The van der Waals surface area contributed by atoms with Crippen LogP contribution in [0.2, 0.25) is 0 Å². The Morgan fingerprint density at radius 3 is 2.71 bits per heavy atom. The number of fused-ring (bicyclic) bond motifs is 1. The van der Waals surface area contributed by atoms with Crippen molar-refractivity contribution in [1.29, 1.82) is 0 Å². The van der Waals surface area contributed by atoms with E-state index in [1.807, 2.05) is 0 Å². The van der Waals surface area contributed by atoms with Gasteiger partial charge in [0.25, 0.3) is 5.91 Å². The van der Waals surface area contributed by atoms with Gasteiger partial charge in [0.15, 0.2) is 0 Å². The summed E-state index contributed by atoms with van der Waals surface area (Å²) in [5, 5.41) is 9.78. The molecule has 132 valence electrons. The minimum absolute atomic E-state index is 0.0282. The zero-order valence-corrected chi connectivity index (χ0v) is 14.2. The Bertz CT molecular complexity index is 744. The molecule has 9 heteroatoms. The Morgan fingerprint density at radius 2 is 2.12 bits per heavy atom. The number of carbonyl (C=O) groups excluding carboxylic acids is 1. The van der Waals surface area contributed by atoms with Crippen LogP contribution in [0.3, 0.4) is 0 Å². The molecule has 3 heterocycles. The van der Waals surface area contributed by atoms with Gasteiger partial charge >= 0.3 is 5.97 Å². The van der Waals surface area contributed by atoms with Gasteiger partial charge in [-0.15, -0.1) is 0 Å². The van der Waals surface area contributed by atoms with Gasteiger partial charge < -0.3 is 14.4 Å². The summed E-state index contributed by atoms with van der Waals surface area (Å²) < 4.78 is 29.9. The van der Waals surface area contributed by atoms with Gasteiger partial charge in [0.2, 0.25) is 10.0 Å². The highest BCUT2D eigenvalue weighted by Crippen LogP contribution is 2.43. The van der Waals surface area contributed by atoms with Crippen LogP contribution in [0.5, 0.6) is 0 Å². The molecular formula is C15H20N2O6S. The van der Waals surface area contributed by atoms with Crippen LogP contribution in [0.25, 0.3) is 0 Å². The van der Waals surface area contributed by atoms with Gasteiger partial charge in [-0.1, -0.05) is 0 Å². The highest BCUT2D eigenvalue weighted by molar-refractivity contribution is 7.88. The molecule has 0 aromatic carbocycles. The zero-order valence-electron chi connectivity index (χ0n) is 13.3. The quantitative estimate of drug-likeness (QED) is 0.844. The van der Waals surface area contributed by atoms with Crippen LogP contribution < -0.4 is 0 Å². The summed E-state index contributed by atoms with van der Waals surface area (Å²) in [5.74, 6) is -1.64. The maximum Gasteiger partial charge on any atom is 0.311 e. The van der Waals surface area contributed by atoms with Crippen molar-refractivity contribution in [3.63, 3.8) is 0 Å². The fourth-order valence-electron chi connectivity index (χ4n) is 3.74. The average molecular weight is 356 g/mol. The Balaban J connectivity index is 1.88. The molecule has 24 heavy (non-hydrogen) atoms. The summed E-state index contributed by atoms with van der Waals surface area (Å²) in [6.07, 6.45) is 4.73. The number of furan rings is 1. The molecule has 3 rings (SSSR count). The van der Waals surface area contributed by atoms with E-state index in [-0.39, 0.29) is 25.5 Å². The lowest BCUT2D eigenvalue weighted by Crippen LogP contribution is -2.42. The van der Waals surface area contributed by atoms with Gasteiger partial charge in [0.05, 0.1) is 23.5 Å². The molecule has 1 N–H and O–H groups in total. The molecule has 2 aliphatic heterocycles. The van der Waals surface area contributed by atoms with E-state index < -0.39 is 27.3 Å². The molecular weight excluding hydrogens is 336 g/mol. The van der Waals surface area contributed by atoms with E-state index in [9.17, 15) is 23.1 Å². The van der Waals surface area contributed by atoms with E-state index in [0.29, 0.717) is 24.9 Å². The fourth-order valence-corrected chi connectivity index (χ4v) is 4.66. The summed E-state index contributed by atoms with van der Waals surface area (Å²) in [4.78, 5) is 26.1. The first-order chi connectivity index (χ1) is 11.2. The van der Waals surface area contributed by atoms with E-state index >= 15 is 0 Å². The molecule has 0 aliphatic carbocycles. The molecule has 0 saturated carbocycles. The lowest BCUT2D eigenvalue weighted by molar-refractivity contribution is -0.150. The number of hydrogen-bond donors (Lipinski definition) is 1. The van der Waals surface area contributed by atoms with Crippen molar-refractivity contribution in [2.24, 2.45) is 11.3 Å².